The van der Waals surface area contributed by atoms with Crippen LogP contribution in [0, 0.1) is 0 Å². The van der Waals surface area contributed by atoms with Crippen LogP contribution in [-0.4, -0.2) is 9.38 Å². The number of nitrogens with one attached hydrogen (secondary N) is 1. The molecule has 4 aromatic carbocycles. The van der Waals surface area contributed by atoms with Crippen molar-refractivity contribution in [2.24, 2.45) is 0 Å². The molecular weight excluding hydrogens is 372 g/mol. The van der Waals surface area contributed by atoms with E-state index in [2.05, 4.69) is 88.2 Å². The predicted molar refractivity (Wildman–Crippen MR) is 126 cm³/mol. The molecule has 0 aliphatic carbocycles. The van der Waals surface area contributed by atoms with Gasteiger partial charge < -0.3 is 9.38 Å². The third kappa shape index (κ3) is 1.54. The molecule has 0 fully saturated rings. The summed E-state index contributed by atoms with van der Waals surface area (Å²) in [4.78, 5) is 3.65. The standard InChI is InChI=1S/C26H14N2S/c1-2-13-21-16(6-1)25-26(29-21)17-9-3-8-15-14-7-4-10-18-22(14)23-19(27-18)11-5-12-20(23)28(25)24(15)17/h1-13,27H. The average molecular weight is 386 g/mol. The summed E-state index contributed by atoms with van der Waals surface area (Å²) in [7, 11) is 0. The molecule has 4 aromatic heterocycles. The van der Waals surface area contributed by atoms with Gasteiger partial charge in [-0.1, -0.05) is 54.6 Å². The Hall–Kier alpha value is -3.56. The summed E-state index contributed by atoms with van der Waals surface area (Å²) in [5, 5.41) is 7.98. The minimum atomic E-state index is 1.20. The van der Waals surface area contributed by atoms with Crippen LogP contribution in [0.4, 0.5) is 0 Å². The second kappa shape index (κ2) is 4.70. The highest BCUT2D eigenvalue weighted by Crippen LogP contribution is 2.45. The number of hydrogen-bond acceptors (Lipinski definition) is 1. The van der Waals surface area contributed by atoms with Crippen LogP contribution in [-0.2, 0) is 0 Å². The molecule has 0 radical (unpaired) electrons. The number of fused-ring (bicyclic) bond motifs is 7. The fraction of sp³-hybridized carbons (Fsp3) is 0. The Morgan fingerprint density at radius 2 is 1.31 bits per heavy atom. The van der Waals surface area contributed by atoms with Crippen LogP contribution in [0.1, 0.15) is 0 Å². The minimum absolute atomic E-state index is 1.20. The van der Waals surface area contributed by atoms with Crippen molar-refractivity contribution in [3.05, 3.63) is 78.9 Å². The van der Waals surface area contributed by atoms with Gasteiger partial charge in [0.25, 0.3) is 0 Å². The average Bonchev–Trinajstić information content (AvgIpc) is 3.39. The molecule has 0 aliphatic heterocycles. The number of nitrogens with zero attached hydrogens (tertiary/aromatic N) is 1. The number of aromatic amines is 1. The molecule has 4 heterocycles. The molecule has 0 amide bonds. The summed E-state index contributed by atoms with van der Waals surface area (Å²) in [6, 6.07) is 28.9. The second-order valence-corrected chi connectivity index (χ2v) is 8.92. The topological polar surface area (TPSA) is 20.2 Å². The highest BCUT2D eigenvalue weighted by molar-refractivity contribution is 7.26. The van der Waals surface area contributed by atoms with Crippen molar-refractivity contribution in [2.45, 2.75) is 0 Å². The number of aromatic nitrogens is 2. The van der Waals surface area contributed by atoms with E-state index in [1.807, 2.05) is 11.3 Å². The molecule has 3 heteroatoms. The Kier molecular flexibility index (Phi) is 2.34. The van der Waals surface area contributed by atoms with Crippen LogP contribution in [0.3, 0.4) is 0 Å². The van der Waals surface area contributed by atoms with E-state index >= 15 is 0 Å². The molecule has 0 saturated heterocycles. The van der Waals surface area contributed by atoms with Crippen LogP contribution in [0.2, 0.25) is 0 Å². The van der Waals surface area contributed by atoms with E-state index in [1.54, 1.807) is 0 Å². The lowest BCUT2D eigenvalue weighted by atomic mass is 10.0. The number of H-pyrrole nitrogens is 1. The molecule has 0 saturated carbocycles. The molecule has 29 heavy (non-hydrogen) atoms. The third-order valence-corrected chi connectivity index (χ3v) is 7.65. The first-order valence-electron chi connectivity index (χ1n) is 9.89. The molecule has 1 N–H and O–H groups in total. The van der Waals surface area contributed by atoms with E-state index < -0.39 is 0 Å². The fourth-order valence-electron chi connectivity index (χ4n) is 5.36. The predicted octanol–water partition coefficient (Wildman–Crippen LogP) is 7.69. The fourth-order valence-corrected chi connectivity index (χ4v) is 6.58. The summed E-state index contributed by atoms with van der Waals surface area (Å²) in [5.74, 6) is 0. The maximum absolute atomic E-state index is 3.65. The smallest absolute Gasteiger partial charge is 0.0728 e. The zero-order valence-electron chi connectivity index (χ0n) is 15.4. The first-order chi connectivity index (χ1) is 14.4. The zero-order chi connectivity index (χ0) is 18.7. The van der Waals surface area contributed by atoms with E-state index in [9.17, 15) is 0 Å². The first kappa shape index (κ1) is 14.4. The molecule has 0 spiro atoms. The number of benzene rings is 4. The van der Waals surface area contributed by atoms with Crippen molar-refractivity contribution in [3.8, 4) is 0 Å². The Bertz CT molecular complexity index is 1910. The summed E-state index contributed by atoms with van der Waals surface area (Å²) >= 11 is 1.91. The van der Waals surface area contributed by atoms with Crippen molar-refractivity contribution >= 4 is 80.6 Å². The molecule has 0 aliphatic rings. The van der Waals surface area contributed by atoms with Gasteiger partial charge in [-0.25, -0.2) is 0 Å². The van der Waals surface area contributed by atoms with Gasteiger partial charge in [0.2, 0.25) is 0 Å². The van der Waals surface area contributed by atoms with E-state index in [0.717, 1.165) is 0 Å². The van der Waals surface area contributed by atoms with Gasteiger partial charge in [-0.15, -0.1) is 11.3 Å². The minimum Gasteiger partial charge on any atom is -0.354 e. The third-order valence-electron chi connectivity index (χ3n) is 6.45. The van der Waals surface area contributed by atoms with Crippen LogP contribution in [0.15, 0.2) is 78.9 Å². The Morgan fingerprint density at radius 1 is 0.586 bits per heavy atom. The van der Waals surface area contributed by atoms with Crippen molar-refractivity contribution in [1.29, 1.82) is 0 Å². The Balaban J connectivity index is 1.91. The van der Waals surface area contributed by atoms with Gasteiger partial charge in [0.05, 0.1) is 21.3 Å². The van der Waals surface area contributed by atoms with Crippen molar-refractivity contribution in [3.63, 3.8) is 0 Å². The molecule has 0 bridgehead atoms. The summed E-state index contributed by atoms with van der Waals surface area (Å²) in [5.41, 5.74) is 6.35. The van der Waals surface area contributed by atoms with Crippen LogP contribution < -0.4 is 0 Å². The summed E-state index contributed by atoms with van der Waals surface area (Å²) in [6.07, 6.45) is 0. The first-order valence-corrected chi connectivity index (χ1v) is 10.7. The van der Waals surface area contributed by atoms with Gasteiger partial charge in [-0.05, 0) is 29.7 Å². The van der Waals surface area contributed by atoms with Crippen molar-refractivity contribution in [2.75, 3.05) is 0 Å². The number of thiophene rings is 1. The monoisotopic (exact) mass is 386 g/mol. The summed E-state index contributed by atoms with van der Waals surface area (Å²) in [6.45, 7) is 0. The number of hydrogen-bond donors (Lipinski definition) is 1. The quantitative estimate of drug-likeness (QED) is 0.276. The van der Waals surface area contributed by atoms with Crippen LogP contribution in [0.25, 0.3) is 69.3 Å². The highest BCUT2D eigenvalue weighted by atomic mass is 32.1. The highest BCUT2D eigenvalue weighted by Gasteiger charge is 2.21. The molecular formula is C26H14N2S. The lowest BCUT2D eigenvalue weighted by Gasteiger charge is -2.02. The van der Waals surface area contributed by atoms with Crippen LogP contribution in [0.5, 0.6) is 0 Å². The van der Waals surface area contributed by atoms with Gasteiger partial charge in [0, 0.05) is 42.7 Å². The van der Waals surface area contributed by atoms with E-state index in [0.29, 0.717) is 0 Å². The van der Waals surface area contributed by atoms with Gasteiger partial charge >= 0.3 is 0 Å². The van der Waals surface area contributed by atoms with E-state index in [4.69, 9.17) is 0 Å². The van der Waals surface area contributed by atoms with Gasteiger partial charge in [-0.2, -0.15) is 0 Å². The maximum Gasteiger partial charge on any atom is 0.0728 e. The summed E-state index contributed by atoms with van der Waals surface area (Å²) < 4.78 is 5.25. The largest absolute Gasteiger partial charge is 0.354 e. The van der Waals surface area contributed by atoms with Gasteiger partial charge in [0.15, 0.2) is 0 Å². The van der Waals surface area contributed by atoms with Crippen molar-refractivity contribution in [1.82, 2.24) is 9.38 Å². The van der Waals surface area contributed by atoms with E-state index in [1.165, 1.54) is 69.3 Å². The van der Waals surface area contributed by atoms with Gasteiger partial charge in [-0.3, -0.25) is 0 Å². The normalized spacial score (nSPS) is 12.8. The van der Waals surface area contributed by atoms with E-state index in [-0.39, 0.29) is 0 Å². The molecule has 134 valence electrons. The number of rotatable bonds is 0. The number of para-hydroxylation sites is 1. The molecule has 0 unspecified atom stereocenters. The lowest BCUT2D eigenvalue weighted by molar-refractivity contribution is 1.37. The van der Waals surface area contributed by atoms with Crippen LogP contribution >= 0.6 is 11.3 Å². The Morgan fingerprint density at radius 3 is 2.28 bits per heavy atom. The second-order valence-electron chi connectivity index (χ2n) is 7.87. The molecule has 2 nitrogen and oxygen atoms in total. The zero-order valence-corrected chi connectivity index (χ0v) is 16.2. The maximum atomic E-state index is 3.65. The Labute approximate surface area is 168 Å². The molecule has 0 atom stereocenters. The molecule has 8 aromatic rings. The SMILES string of the molecule is c1ccc2c(c1)sc1c3cccc4c5cccc6[nH]c7cccc(c7c65)n(c43)c21. The molecule has 8 rings (SSSR count). The van der Waals surface area contributed by atoms with Gasteiger partial charge in [0.1, 0.15) is 0 Å². The lowest BCUT2D eigenvalue weighted by Crippen LogP contribution is -1.85. The van der Waals surface area contributed by atoms with Crippen molar-refractivity contribution < 1.29 is 0 Å².